The molecule has 0 aliphatic heterocycles. The fraction of sp³-hybridized carbons (Fsp3) is 0.200. The second kappa shape index (κ2) is 7.91. The van der Waals surface area contributed by atoms with Gasteiger partial charge in [0.25, 0.3) is 0 Å². The number of thioether (sulfide) groups is 2. The van der Waals surface area contributed by atoms with Gasteiger partial charge in [0.1, 0.15) is 11.8 Å². The first-order valence-corrected chi connectivity index (χ1v) is 6.27. The largest absolute Gasteiger partial charge is 0.235 e. The second-order valence-corrected chi connectivity index (χ2v) is 4.56. The van der Waals surface area contributed by atoms with Crippen molar-refractivity contribution in [3.8, 4) is 0 Å². The number of hydrogen-bond donors (Lipinski definition) is 0. The predicted octanol–water partition coefficient (Wildman–Crippen LogP) is 2.46. The summed E-state index contributed by atoms with van der Waals surface area (Å²) < 4.78 is 0. The van der Waals surface area contributed by atoms with E-state index in [4.69, 9.17) is 0 Å². The third kappa shape index (κ3) is 4.96. The molecule has 0 saturated carbocycles. The van der Waals surface area contributed by atoms with Gasteiger partial charge in [-0.2, -0.15) is 9.98 Å². The van der Waals surface area contributed by atoms with E-state index in [1.807, 2.05) is 24.3 Å². The van der Waals surface area contributed by atoms with Gasteiger partial charge in [-0.15, -0.1) is 23.5 Å². The number of carbonyl (C=O) groups excluding carboxylic acids is 2. The highest BCUT2D eigenvalue weighted by Crippen LogP contribution is 2.24. The predicted molar refractivity (Wildman–Crippen MR) is 64.1 cm³/mol. The van der Waals surface area contributed by atoms with Gasteiger partial charge >= 0.3 is 0 Å². The molecule has 0 bridgehead atoms. The topological polar surface area (TPSA) is 58.9 Å². The molecule has 0 unspecified atom stereocenters. The zero-order valence-electron chi connectivity index (χ0n) is 8.25. The van der Waals surface area contributed by atoms with Crippen molar-refractivity contribution in [1.82, 2.24) is 0 Å². The quantitative estimate of drug-likeness (QED) is 0.443. The van der Waals surface area contributed by atoms with E-state index in [-0.39, 0.29) is 0 Å². The van der Waals surface area contributed by atoms with Crippen LogP contribution in [0.25, 0.3) is 0 Å². The molecule has 0 fully saturated rings. The Morgan fingerprint density at radius 2 is 1.50 bits per heavy atom. The van der Waals surface area contributed by atoms with E-state index in [9.17, 15) is 9.59 Å². The summed E-state index contributed by atoms with van der Waals surface area (Å²) in [5.41, 5.74) is 0. The summed E-state index contributed by atoms with van der Waals surface area (Å²) in [6.45, 7) is 0. The molecule has 0 radical (unpaired) electrons. The van der Waals surface area contributed by atoms with Gasteiger partial charge in [0.05, 0.1) is 0 Å². The van der Waals surface area contributed by atoms with E-state index >= 15 is 0 Å². The Morgan fingerprint density at radius 1 is 1.00 bits per heavy atom. The molecule has 0 aliphatic carbocycles. The van der Waals surface area contributed by atoms with Gasteiger partial charge in [-0.25, -0.2) is 9.59 Å². The van der Waals surface area contributed by atoms with Crippen molar-refractivity contribution in [3.05, 3.63) is 24.3 Å². The number of nitrogens with zero attached hydrogens (tertiary/aromatic N) is 2. The molecule has 4 nitrogen and oxygen atoms in total. The van der Waals surface area contributed by atoms with Crippen molar-refractivity contribution in [2.24, 2.45) is 9.98 Å². The average molecular weight is 252 g/mol. The van der Waals surface area contributed by atoms with E-state index in [1.54, 1.807) is 0 Å². The molecule has 0 aliphatic rings. The summed E-state index contributed by atoms with van der Waals surface area (Å²) in [7, 11) is 0. The lowest BCUT2D eigenvalue weighted by Crippen LogP contribution is -1.78. The number of rotatable bonds is 6. The van der Waals surface area contributed by atoms with Crippen LogP contribution in [0.3, 0.4) is 0 Å². The smallest absolute Gasteiger partial charge is 0.211 e. The zero-order chi connectivity index (χ0) is 11.6. The van der Waals surface area contributed by atoms with Crippen molar-refractivity contribution in [3.63, 3.8) is 0 Å². The number of isocyanates is 2. The van der Waals surface area contributed by atoms with Gasteiger partial charge in [0.15, 0.2) is 0 Å². The van der Waals surface area contributed by atoms with Crippen molar-refractivity contribution in [2.45, 2.75) is 9.79 Å². The molecular formula is C10H8N2O2S2. The maximum Gasteiger partial charge on any atom is 0.235 e. The Kier molecular flexibility index (Phi) is 6.30. The summed E-state index contributed by atoms with van der Waals surface area (Å²) in [4.78, 5) is 28.7. The monoisotopic (exact) mass is 252 g/mol. The molecule has 0 amide bonds. The summed E-state index contributed by atoms with van der Waals surface area (Å²) >= 11 is 2.90. The molecule has 0 heterocycles. The van der Waals surface area contributed by atoms with Crippen molar-refractivity contribution in [1.29, 1.82) is 0 Å². The zero-order valence-corrected chi connectivity index (χ0v) is 9.88. The second-order valence-electron chi connectivity index (χ2n) is 2.52. The molecule has 6 heteroatoms. The van der Waals surface area contributed by atoms with E-state index in [2.05, 4.69) is 9.98 Å². The van der Waals surface area contributed by atoms with Gasteiger partial charge in [-0.05, 0) is 18.2 Å². The SMILES string of the molecule is O=C=NCSc1cccc(SCN=C=O)c1. The fourth-order valence-corrected chi connectivity index (χ4v) is 2.30. The van der Waals surface area contributed by atoms with Gasteiger partial charge in [0, 0.05) is 9.79 Å². The Hall–Kier alpha value is -1.32. The van der Waals surface area contributed by atoms with Crippen LogP contribution in [0.2, 0.25) is 0 Å². The molecule has 0 atom stereocenters. The molecule has 1 aromatic carbocycles. The third-order valence-corrected chi connectivity index (χ3v) is 3.22. The van der Waals surface area contributed by atoms with E-state index in [0.29, 0.717) is 11.8 Å². The van der Waals surface area contributed by atoms with Crippen LogP contribution >= 0.6 is 23.5 Å². The lowest BCUT2D eigenvalue weighted by molar-refractivity contribution is 0.563. The van der Waals surface area contributed by atoms with Crippen molar-refractivity contribution < 1.29 is 9.59 Å². The molecular weight excluding hydrogens is 244 g/mol. The highest BCUT2D eigenvalue weighted by Gasteiger charge is 1.96. The summed E-state index contributed by atoms with van der Waals surface area (Å²) in [6, 6.07) is 7.71. The third-order valence-electron chi connectivity index (χ3n) is 1.53. The molecule has 0 aromatic heterocycles. The van der Waals surface area contributed by atoms with Crippen LogP contribution in [0.4, 0.5) is 0 Å². The normalized spacial score (nSPS) is 9.00. The Balaban J connectivity index is 2.55. The summed E-state index contributed by atoms with van der Waals surface area (Å²) in [5.74, 6) is 0.730. The lowest BCUT2D eigenvalue weighted by Gasteiger charge is -2.01. The number of aliphatic imine (C=N–C) groups is 2. The van der Waals surface area contributed by atoms with Crippen LogP contribution < -0.4 is 0 Å². The minimum atomic E-state index is 0.365. The first kappa shape index (κ1) is 12.7. The molecule has 16 heavy (non-hydrogen) atoms. The van der Waals surface area contributed by atoms with Crippen LogP contribution in [-0.2, 0) is 9.59 Å². The number of hydrogen-bond acceptors (Lipinski definition) is 6. The Morgan fingerprint density at radius 3 is 1.94 bits per heavy atom. The summed E-state index contributed by atoms with van der Waals surface area (Å²) in [6.07, 6.45) is 2.97. The van der Waals surface area contributed by atoms with Crippen LogP contribution in [0.1, 0.15) is 0 Å². The van der Waals surface area contributed by atoms with Gasteiger partial charge in [0.2, 0.25) is 12.2 Å². The van der Waals surface area contributed by atoms with Crippen LogP contribution in [-0.4, -0.2) is 23.9 Å². The molecule has 1 aromatic rings. The molecule has 0 saturated heterocycles. The molecule has 1 rings (SSSR count). The minimum absolute atomic E-state index is 0.365. The maximum atomic E-state index is 9.88. The fourth-order valence-electron chi connectivity index (χ4n) is 0.920. The van der Waals surface area contributed by atoms with E-state index in [0.717, 1.165) is 9.79 Å². The Bertz CT molecular complexity index is 401. The summed E-state index contributed by atoms with van der Waals surface area (Å²) in [5, 5.41) is 0. The van der Waals surface area contributed by atoms with Crippen LogP contribution in [0.5, 0.6) is 0 Å². The first-order chi connectivity index (χ1) is 7.86. The number of benzene rings is 1. The highest BCUT2D eigenvalue weighted by molar-refractivity contribution is 8.00. The van der Waals surface area contributed by atoms with Crippen molar-refractivity contribution in [2.75, 3.05) is 11.8 Å². The van der Waals surface area contributed by atoms with E-state index in [1.165, 1.54) is 35.7 Å². The van der Waals surface area contributed by atoms with Gasteiger partial charge < -0.3 is 0 Å². The highest BCUT2D eigenvalue weighted by atomic mass is 32.2. The lowest BCUT2D eigenvalue weighted by atomic mass is 10.4. The van der Waals surface area contributed by atoms with Crippen LogP contribution in [0, 0.1) is 0 Å². The molecule has 82 valence electrons. The minimum Gasteiger partial charge on any atom is -0.211 e. The molecule has 0 spiro atoms. The van der Waals surface area contributed by atoms with Gasteiger partial charge in [-0.3, -0.25) is 0 Å². The van der Waals surface area contributed by atoms with E-state index < -0.39 is 0 Å². The van der Waals surface area contributed by atoms with Gasteiger partial charge in [-0.1, -0.05) is 6.07 Å². The molecule has 0 N–H and O–H groups in total. The van der Waals surface area contributed by atoms with Crippen molar-refractivity contribution >= 4 is 35.7 Å². The maximum absolute atomic E-state index is 9.88. The average Bonchev–Trinajstić information content (AvgIpc) is 2.30. The first-order valence-electron chi connectivity index (χ1n) is 4.29. The van der Waals surface area contributed by atoms with Crippen LogP contribution in [0.15, 0.2) is 44.0 Å². The standard InChI is InChI=1S/C10H8N2O2S2/c13-5-11-7-15-9-2-1-3-10(4-9)16-8-12-6-14/h1-4H,7-8H2. The Labute approximate surface area is 101 Å².